The molecule has 0 aliphatic heterocycles. The van der Waals surface area contributed by atoms with E-state index in [1.54, 1.807) is 18.2 Å². The average Bonchev–Trinajstić information content (AvgIpc) is 2.95. The molecule has 2 N–H and O–H groups in total. The minimum Gasteiger partial charge on any atom is -0.481 e. The zero-order valence-electron chi connectivity index (χ0n) is 22.0. The van der Waals surface area contributed by atoms with E-state index in [0.29, 0.717) is 5.56 Å². The second kappa shape index (κ2) is 13.4. The monoisotopic (exact) mass is 578 g/mol. The fraction of sp³-hybridized carbons (Fsp3) is 0.129. The molecular formula is C31H25F3N2O6. The Labute approximate surface area is 238 Å². The number of halogens is 3. The quantitative estimate of drug-likeness (QED) is 0.218. The predicted molar refractivity (Wildman–Crippen MR) is 148 cm³/mol. The summed E-state index contributed by atoms with van der Waals surface area (Å²) in [5, 5.41) is 11.3. The summed E-state index contributed by atoms with van der Waals surface area (Å²) in [4.78, 5) is 38.1. The number of aliphatic carboxylic acids is 1. The SMILES string of the molecule is O=C(O)CCNC(=O)c1cccc(N(Cc2cccc(OC(F)(F)F)c2)C(=O)Oc2cccc(-c3ccccc3)c2)c1. The lowest BCUT2D eigenvalue weighted by atomic mass is 10.1. The highest BCUT2D eigenvalue weighted by Crippen LogP contribution is 2.28. The van der Waals surface area contributed by atoms with Crippen LogP contribution in [-0.2, 0) is 11.3 Å². The Morgan fingerprint density at radius 1 is 0.786 bits per heavy atom. The number of nitrogens with one attached hydrogen (secondary N) is 1. The normalized spacial score (nSPS) is 10.9. The number of carbonyl (C=O) groups excluding carboxylic acids is 2. The molecule has 4 aromatic rings. The van der Waals surface area contributed by atoms with Crippen LogP contribution in [-0.4, -0.2) is 36.0 Å². The maximum atomic E-state index is 13.5. The molecule has 0 saturated carbocycles. The highest BCUT2D eigenvalue weighted by molar-refractivity contribution is 5.97. The number of anilines is 1. The predicted octanol–water partition coefficient (Wildman–Crippen LogP) is 6.66. The maximum Gasteiger partial charge on any atom is 0.573 e. The van der Waals surface area contributed by atoms with Gasteiger partial charge in [0.25, 0.3) is 5.91 Å². The van der Waals surface area contributed by atoms with Crippen LogP contribution in [0.3, 0.4) is 0 Å². The lowest BCUT2D eigenvalue weighted by molar-refractivity contribution is -0.274. The van der Waals surface area contributed by atoms with Crippen molar-refractivity contribution in [3.63, 3.8) is 0 Å². The standard InChI is InChI=1S/C31H25F3N2O6/c32-31(33,34)42-27-14-4-7-21(17-27)20-36(25-12-5-11-24(18-25)29(39)35-16-15-28(37)38)30(40)41-26-13-6-10-23(19-26)22-8-2-1-3-9-22/h1-14,17-19H,15-16,20H2,(H,35,39)(H,37,38). The molecule has 8 nitrogen and oxygen atoms in total. The lowest BCUT2D eigenvalue weighted by Crippen LogP contribution is -2.33. The molecule has 2 amide bonds. The molecule has 0 saturated heterocycles. The van der Waals surface area contributed by atoms with Crippen molar-refractivity contribution in [2.24, 2.45) is 0 Å². The lowest BCUT2D eigenvalue weighted by Gasteiger charge is -2.23. The van der Waals surface area contributed by atoms with Gasteiger partial charge in [0, 0.05) is 17.8 Å². The van der Waals surface area contributed by atoms with Crippen LogP contribution in [0.5, 0.6) is 11.5 Å². The first-order valence-electron chi connectivity index (χ1n) is 12.7. The molecule has 0 fully saturated rings. The van der Waals surface area contributed by atoms with Gasteiger partial charge in [-0.05, 0) is 59.2 Å². The maximum absolute atomic E-state index is 13.5. The van der Waals surface area contributed by atoms with E-state index in [2.05, 4.69) is 10.1 Å². The van der Waals surface area contributed by atoms with E-state index < -0.39 is 30.1 Å². The van der Waals surface area contributed by atoms with Crippen LogP contribution in [0.2, 0.25) is 0 Å². The molecule has 0 aromatic heterocycles. The van der Waals surface area contributed by atoms with Gasteiger partial charge in [0.1, 0.15) is 11.5 Å². The first-order chi connectivity index (χ1) is 20.1. The summed E-state index contributed by atoms with van der Waals surface area (Å²) < 4.78 is 48.1. The molecule has 0 heterocycles. The average molecular weight is 579 g/mol. The summed E-state index contributed by atoms with van der Waals surface area (Å²) in [6.07, 6.45) is -6.03. The van der Waals surface area contributed by atoms with Gasteiger partial charge >= 0.3 is 18.4 Å². The molecule has 42 heavy (non-hydrogen) atoms. The van der Waals surface area contributed by atoms with Crippen LogP contribution < -0.4 is 19.7 Å². The number of hydrogen-bond donors (Lipinski definition) is 2. The van der Waals surface area contributed by atoms with Crippen molar-refractivity contribution in [3.05, 3.63) is 114 Å². The number of hydrogen-bond acceptors (Lipinski definition) is 5. The van der Waals surface area contributed by atoms with E-state index in [1.807, 2.05) is 36.4 Å². The summed E-state index contributed by atoms with van der Waals surface area (Å²) >= 11 is 0. The van der Waals surface area contributed by atoms with Gasteiger partial charge in [-0.2, -0.15) is 0 Å². The van der Waals surface area contributed by atoms with Gasteiger partial charge in [0.2, 0.25) is 0 Å². The highest BCUT2D eigenvalue weighted by atomic mass is 19.4. The third-order valence-corrected chi connectivity index (χ3v) is 5.88. The number of carbonyl (C=O) groups is 3. The highest BCUT2D eigenvalue weighted by Gasteiger charge is 2.31. The van der Waals surface area contributed by atoms with Gasteiger partial charge in [-0.25, -0.2) is 4.79 Å². The second-order valence-electron chi connectivity index (χ2n) is 8.99. The van der Waals surface area contributed by atoms with Gasteiger partial charge in [-0.1, -0.05) is 60.7 Å². The topological polar surface area (TPSA) is 105 Å². The first kappa shape index (κ1) is 29.7. The van der Waals surface area contributed by atoms with Gasteiger partial charge in [0.15, 0.2) is 0 Å². The van der Waals surface area contributed by atoms with Crippen LogP contribution >= 0.6 is 0 Å². The van der Waals surface area contributed by atoms with Gasteiger partial charge in [-0.3, -0.25) is 14.5 Å². The van der Waals surface area contributed by atoms with E-state index in [0.717, 1.165) is 28.2 Å². The van der Waals surface area contributed by atoms with Crippen molar-refractivity contribution < 1.29 is 42.1 Å². The van der Waals surface area contributed by atoms with Crippen molar-refractivity contribution in [1.82, 2.24) is 5.32 Å². The molecule has 0 radical (unpaired) electrons. The van der Waals surface area contributed by atoms with Gasteiger partial charge < -0.3 is 19.9 Å². The molecule has 4 aromatic carbocycles. The summed E-state index contributed by atoms with van der Waals surface area (Å²) in [7, 11) is 0. The minimum atomic E-state index is -4.90. The number of carboxylic acid groups (broad SMARTS) is 1. The third kappa shape index (κ3) is 8.59. The van der Waals surface area contributed by atoms with Crippen molar-refractivity contribution in [2.45, 2.75) is 19.3 Å². The van der Waals surface area contributed by atoms with Crippen molar-refractivity contribution in [2.75, 3.05) is 11.4 Å². The minimum absolute atomic E-state index is 0.103. The largest absolute Gasteiger partial charge is 0.573 e. The van der Waals surface area contributed by atoms with Crippen LogP contribution in [0.4, 0.5) is 23.7 Å². The smallest absolute Gasteiger partial charge is 0.481 e. The summed E-state index contributed by atoms with van der Waals surface area (Å²) in [6, 6.07) is 27.3. The number of ether oxygens (including phenoxy) is 2. The van der Waals surface area contributed by atoms with E-state index in [4.69, 9.17) is 9.84 Å². The Balaban J connectivity index is 1.63. The number of alkyl halides is 3. The molecule has 0 aliphatic carbocycles. The molecule has 11 heteroatoms. The van der Waals surface area contributed by atoms with Crippen molar-refractivity contribution in [3.8, 4) is 22.6 Å². The van der Waals surface area contributed by atoms with Gasteiger partial charge in [0.05, 0.1) is 13.0 Å². The molecule has 0 spiro atoms. The summed E-state index contributed by atoms with van der Waals surface area (Å²) in [5.41, 5.74) is 2.34. The molecule has 0 atom stereocenters. The van der Waals surface area contributed by atoms with E-state index >= 15 is 0 Å². The number of nitrogens with zero attached hydrogens (tertiary/aromatic N) is 1. The molecular weight excluding hydrogens is 553 g/mol. The van der Waals surface area contributed by atoms with Crippen LogP contribution in [0, 0.1) is 0 Å². The molecule has 4 rings (SSSR count). The zero-order chi connectivity index (χ0) is 30.1. The Kier molecular flexibility index (Phi) is 9.43. The number of carboxylic acids is 1. The van der Waals surface area contributed by atoms with Crippen molar-refractivity contribution >= 4 is 23.7 Å². The summed E-state index contributed by atoms with van der Waals surface area (Å²) in [6.45, 7) is -0.329. The number of rotatable bonds is 10. The Hall–Kier alpha value is -5.32. The fourth-order valence-corrected chi connectivity index (χ4v) is 4.01. The third-order valence-electron chi connectivity index (χ3n) is 5.88. The molecule has 0 bridgehead atoms. The van der Waals surface area contributed by atoms with Crippen LogP contribution in [0.1, 0.15) is 22.3 Å². The molecule has 0 aliphatic rings. The number of amides is 2. The fourth-order valence-electron chi connectivity index (χ4n) is 4.01. The Bertz CT molecular complexity index is 1560. The van der Waals surface area contributed by atoms with Crippen LogP contribution in [0.15, 0.2) is 103 Å². The van der Waals surface area contributed by atoms with E-state index in [9.17, 15) is 27.6 Å². The number of benzene rings is 4. The Morgan fingerprint density at radius 2 is 1.48 bits per heavy atom. The van der Waals surface area contributed by atoms with Crippen molar-refractivity contribution in [1.29, 1.82) is 0 Å². The molecule has 0 unspecified atom stereocenters. The Morgan fingerprint density at radius 3 is 2.21 bits per heavy atom. The second-order valence-corrected chi connectivity index (χ2v) is 8.99. The van der Waals surface area contributed by atoms with Gasteiger partial charge in [-0.15, -0.1) is 13.2 Å². The van der Waals surface area contributed by atoms with Crippen LogP contribution in [0.25, 0.3) is 11.1 Å². The first-order valence-corrected chi connectivity index (χ1v) is 12.7. The van der Waals surface area contributed by atoms with E-state index in [1.165, 1.54) is 36.4 Å². The molecule has 216 valence electrons. The summed E-state index contributed by atoms with van der Waals surface area (Å²) in [5.74, 6) is -1.88. The van der Waals surface area contributed by atoms with E-state index in [-0.39, 0.29) is 36.5 Å². The zero-order valence-corrected chi connectivity index (χ0v) is 22.0.